The van der Waals surface area contributed by atoms with Crippen molar-refractivity contribution in [1.82, 2.24) is 30.2 Å². The van der Waals surface area contributed by atoms with Gasteiger partial charge in [-0.15, -0.1) is 0 Å². The molecule has 2 amide bonds. The molecule has 4 heterocycles. The number of hydrogen-bond donors (Lipinski definition) is 3. The van der Waals surface area contributed by atoms with E-state index in [1.165, 1.54) is 12.3 Å². The molecule has 0 atom stereocenters. The first kappa shape index (κ1) is 24.3. The minimum absolute atomic E-state index is 0.0779. The fraction of sp³-hybridized carbons (Fsp3) is 0.154. The van der Waals surface area contributed by atoms with Gasteiger partial charge in [0, 0.05) is 50.0 Å². The Balaban J connectivity index is 1.32. The van der Waals surface area contributed by atoms with Gasteiger partial charge in [-0.1, -0.05) is 18.2 Å². The van der Waals surface area contributed by atoms with Crippen LogP contribution in [0.25, 0.3) is 0 Å². The predicted octanol–water partition coefficient (Wildman–Crippen LogP) is 2.37. The lowest BCUT2D eigenvalue weighted by Gasteiger charge is -2.08. The minimum Gasteiger partial charge on any atom is -0.465 e. The Labute approximate surface area is 206 Å². The van der Waals surface area contributed by atoms with Crippen LogP contribution in [-0.2, 0) is 26.1 Å². The monoisotopic (exact) mass is 484 g/mol. The molecular formula is C26H24N6O4. The maximum atomic E-state index is 12.6. The van der Waals surface area contributed by atoms with E-state index in [9.17, 15) is 14.4 Å². The summed E-state index contributed by atoms with van der Waals surface area (Å²) in [5.74, 6) is -0.261. The zero-order chi connectivity index (χ0) is 25.3. The summed E-state index contributed by atoms with van der Waals surface area (Å²) < 4.78 is 1.59. The van der Waals surface area contributed by atoms with E-state index in [4.69, 9.17) is 5.11 Å². The maximum absolute atomic E-state index is 12.6. The number of rotatable bonds is 9. The molecule has 0 saturated carbocycles. The summed E-state index contributed by atoms with van der Waals surface area (Å²) in [6, 6.07) is 14.1. The number of amides is 2. The summed E-state index contributed by atoms with van der Waals surface area (Å²) in [6.07, 6.45) is 7.75. The Bertz CT molecular complexity index is 1400. The number of carbonyl (C=O) groups is 2. The van der Waals surface area contributed by atoms with Crippen LogP contribution in [0.2, 0.25) is 0 Å². The molecule has 0 unspecified atom stereocenters. The Kier molecular flexibility index (Phi) is 7.76. The number of nitrogens with one attached hydrogen (secondary N) is 2. The van der Waals surface area contributed by atoms with Crippen molar-refractivity contribution in [3.05, 3.63) is 124 Å². The molecule has 0 saturated heterocycles. The molecule has 36 heavy (non-hydrogen) atoms. The fourth-order valence-electron chi connectivity index (χ4n) is 3.48. The molecule has 0 bridgehead atoms. The molecule has 4 rings (SSSR count). The van der Waals surface area contributed by atoms with E-state index in [-0.39, 0.29) is 24.6 Å². The van der Waals surface area contributed by atoms with Gasteiger partial charge in [-0.2, -0.15) is 0 Å². The number of carbonyl (C=O) groups excluding carboxylic acids is 1. The van der Waals surface area contributed by atoms with Crippen molar-refractivity contribution in [2.45, 2.75) is 26.1 Å². The van der Waals surface area contributed by atoms with Gasteiger partial charge in [0.15, 0.2) is 0 Å². The summed E-state index contributed by atoms with van der Waals surface area (Å²) in [5, 5.41) is 13.7. The van der Waals surface area contributed by atoms with Crippen LogP contribution in [-0.4, -0.2) is 36.6 Å². The highest BCUT2D eigenvalue weighted by molar-refractivity contribution is 5.94. The molecule has 4 aromatic rings. The fourth-order valence-corrected chi connectivity index (χ4v) is 3.48. The van der Waals surface area contributed by atoms with E-state index in [0.717, 1.165) is 22.4 Å². The highest BCUT2D eigenvalue weighted by Gasteiger charge is 2.09. The molecular weight excluding hydrogens is 460 g/mol. The quantitative estimate of drug-likeness (QED) is 0.331. The van der Waals surface area contributed by atoms with Crippen LogP contribution < -0.4 is 16.2 Å². The third kappa shape index (κ3) is 6.83. The summed E-state index contributed by atoms with van der Waals surface area (Å²) in [7, 11) is 0. The van der Waals surface area contributed by atoms with E-state index >= 15 is 0 Å². The molecule has 4 aromatic heterocycles. The average molecular weight is 485 g/mol. The second-order valence-electron chi connectivity index (χ2n) is 8.08. The van der Waals surface area contributed by atoms with Crippen molar-refractivity contribution < 1.29 is 14.7 Å². The molecule has 0 aliphatic carbocycles. The van der Waals surface area contributed by atoms with E-state index in [2.05, 4.69) is 25.6 Å². The highest BCUT2D eigenvalue weighted by atomic mass is 16.4. The van der Waals surface area contributed by atoms with Crippen LogP contribution in [0.15, 0.2) is 84.3 Å². The number of carboxylic acid groups (broad SMARTS) is 1. The van der Waals surface area contributed by atoms with Gasteiger partial charge >= 0.3 is 6.09 Å². The molecule has 0 aliphatic heterocycles. The molecule has 0 aromatic carbocycles. The lowest BCUT2D eigenvalue weighted by atomic mass is 10.1. The molecule has 0 radical (unpaired) electrons. The maximum Gasteiger partial charge on any atom is 0.404 e. The largest absolute Gasteiger partial charge is 0.465 e. The van der Waals surface area contributed by atoms with Crippen molar-refractivity contribution in [3.8, 4) is 0 Å². The molecule has 10 nitrogen and oxygen atoms in total. The first-order valence-electron chi connectivity index (χ1n) is 11.2. The van der Waals surface area contributed by atoms with Crippen LogP contribution in [0.3, 0.4) is 0 Å². The van der Waals surface area contributed by atoms with Crippen LogP contribution in [0.4, 0.5) is 4.79 Å². The first-order valence-corrected chi connectivity index (χ1v) is 11.2. The van der Waals surface area contributed by atoms with Gasteiger partial charge in [-0.3, -0.25) is 24.5 Å². The molecule has 10 heteroatoms. The third-order valence-electron chi connectivity index (χ3n) is 5.34. The van der Waals surface area contributed by atoms with Gasteiger partial charge in [-0.05, 0) is 41.0 Å². The Morgan fingerprint density at radius 1 is 0.833 bits per heavy atom. The smallest absolute Gasteiger partial charge is 0.404 e. The summed E-state index contributed by atoms with van der Waals surface area (Å²) in [4.78, 5) is 47.9. The van der Waals surface area contributed by atoms with Crippen LogP contribution in [0.5, 0.6) is 0 Å². The zero-order valence-electron chi connectivity index (χ0n) is 19.3. The van der Waals surface area contributed by atoms with Crippen LogP contribution in [0.1, 0.15) is 38.4 Å². The number of pyridine rings is 4. The highest BCUT2D eigenvalue weighted by Crippen LogP contribution is 2.11. The summed E-state index contributed by atoms with van der Waals surface area (Å²) in [5.41, 5.74) is 4.34. The molecule has 0 aliphatic rings. The Hall–Kier alpha value is -4.86. The van der Waals surface area contributed by atoms with Gasteiger partial charge in [0.1, 0.15) is 0 Å². The van der Waals surface area contributed by atoms with E-state index in [1.807, 2.05) is 12.1 Å². The molecule has 0 spiro atoms. The normalized spacial score (nSPS) is 10.6. The standard InChI is InChI=1S/C26H24N6O4/c33-24-3-1-2-8-32(24)17-23-7-4-18(12-29-23)9-20-10-21(15-27-11-20)25(34)30-14-19-5-6-22(28-13-19)16-31-26(35)36/h1-8,10-13,15,31H,9,14,16-17H2,(H,30,34)(H,35,36). The SMILES string of the molecule is O=C(O)NCc1ccc(CNC(=O)c2cncc(Cc3ccc(Cn4ccccc4=O)nc3)c2)cn1. The van der Waals surface area contributed by atoms with Crippen LogP contribution in [0, 0.1) is 0 Å². The Morgan fingerprint density at radius 2 is 1.61 bits per heavy atom. The lowest BCUT2D eigenvalue weighted by Crippen LogP contribution is -2.23. The van der Waals surface area contributed by atoms with Crippen LogP contribution >= 0.6 is 0 Å². The summed E-state index contributed by atoms with van der Waals surface area (Å²) in [6.45, 7) is 0.791. The van der Waals surface area contributed by atoms with Crippen molar-refractivity contribution in [1.29, 1.82) is 0 Å². The van der Waals surface area contributed by atoms with Gasteiger partial charge in [0.05, 0.1) is 30.0 Å². The van der Waals surface area contributed by atoms with Gasteiger partial charge in [0.25, 0.3) is 11.5 Å². The van der Waals surface area contributed by atoms with E-state index < -0.39 is 6.09 Å². The number of aromatic nitrogens is 4. The Morgan fingerprint density at radius 3 is 2.33 bits per heavy atom. The minimum atomic E-state index is -1.11. The third-order valence-corrected chi connectivity index (χ3v) is 5.34. The number of hydrogen-bond acceptors (Lipinski definition) is 6. The predicted molar refractivity (Wildman–Crippen MR) is 131 cm³/mol. The summed E-state index contributed by atoms with van der Waals surface area (Å²) >= 11 is 0. The molecule has 3 N–H and O–H groups in total. The van der Waals surface area contributed by atoms with Crippen molar-refractivity contribution in [2.75, 3.05) is 0 Å². The van der Waals surface area contributed by atoms with Crippen molar-refractivity contribution >= 4 is 12.0 Å². The van der Waals surface area contributed by atoms with Crippen molar-refractivity contribution in [3.63, 3.8) is 0 Å². The lowest BCUT2D eigenvalue weighted by molar-refractivity contribution is 0.0950. The average Bonchev–Trinajstić information content (AvgIpc) is 2.89. The second-order valence-corrected chi connectivity index (χ2v) is 8.08. The molecule has 182 valence electrons. The van der Waals surface area contributed by atoms with Gasteiger partial charge in [-0.25, -0.2) is 4.79 Å². The van der Waals surface area contributed by atoms with Gasteiger partial charge in [0.2, 0.25) is 0 Å². The zero-order valence-corrected chi connectivity index (χ0v) is 19.3. The van der Waals surface area contributed by atoms with E-state index in [0.29, 0.717) is 24.2 Å². The first-order chi connectivity index (χ1) is 17.5. The number of nitrogens with zero attached hydrogens (tertiary/aromatic N) is 4. The second kappa shape index (κ2) is 11.5. The topological polar surface area (TPSA) is 139 Å². The van der Waals surface area contributed by atoms with Gasteiger partial charge < -0.3 is 20.3 Å². The van der Waals surface area contributed by atoms with Crippen molar-refractivity contribution in [2.24, 2.45) is 0 Å². The van der Waals surface area contributed by atoms with E-state index in [1.54, 1.807) is 59.7 Å². The molecule has 0 fully saturated rings.